The molecule has 2 aromatic carbocycles. The minimum Gasteiger partial charge on any atom is -0.335 e. The van der Waals surface area contributed by atoms with Crippen LogP contribution in [0.25, 0.3) is 10.6 Å². The van der Waals surface area contributed by atoms with Crippen molar-refractivity contribution in [1.29, 1.82) is 0 Å². The summed E-state index contributed by atoms with van der Waals surface area (Å²) in [5.74, 6) is -0.541. The fraction of sp³-hybridized carbons (Fsp3) is 0.227. The standard InChI is InChI=1S/C22H18F3N3O2S/c23-22(24,25)17-8-6-16(7-9-17)20(29)27-10-12-28(13-11-27)21(30)18-14-31-19(26-18)15-4-2-1-3-5-15/h1-9,14H,10-13H2. The van der Waals surface area contributed by atoms with Gasteiger partial charge in [0.2, 0.25) is 0 Å². The lowest BCUT2D eigenvalue weighted by Gasteiger charge is -2.34. The van der Waals surface area contributed by atoms with Gasteiger partial charge in [-0.05, 0) is 24.3 Å². The highest BCUT2D eigenvalue weighted by Gasteiger charge is 2.31. The summed E-state index contributed by atoms with van der Waals surface area (Å²) in [5.41, 5.74) is 0.710. The highest BCUT2D eigenvalue weighted by molar-refractivity contribution is 7.13. The Labute approximate surface area is 180 Å². The van der Waals surface area contributed by atoms with Crippen LogP contribution in [0.3, 0.4) is 0 Å². The number of nitrogens with zero attached hydrogens (tertiary/aromatic N) is 3. The average molecular weight is 445 g/mol. The molecule has 0 N–H and O–H groups in total. The summed E-state index contributed by atoms with van der Waals surface area (Å²) in [5, 5.41) is 2.49. The van der Waals surface area contributed by atoms with E-state index in [1.807, 2.05) is 30.3 Å². The van der Waals surface area contributed by atoms with Crippen LogP contribution in [0.1, 0.15) is 26.4 Å². The molecule has 31 heavy (non-hydrogen) atoms. The second-order valence-corrected chi connectivity index (χ2v) is 7.92. The molecule has 2 amide bonds. The van der Waals surface area contributed by atoms with Crippen molar-refractivity contribution in [3.8, 4) is 10.6 Å². The Hall–Kier alpha value is -3.20. The molecule has 1 aliphatic rings. The van der Waals surface area contributed by atoms with Crippen LogP contribution in [0, 0.1) is 0 Å². The fourth-order valence-electron chi connectivity index (χ4n) is 3.34. The number of amides is 2. The summed E-state index contributed by atoms with van der Waals surface area (Å²) in [4.78, 5) is 33.0. The minimum absolute atomic E-state index is 0.194. The largest absolute Gasteiger partial charge is 0.416 e. The first-order valence-corrected chi connectivity index (χ1v) is 10.5. The van der Waals surface area contributed by atoms with E-state index in [9.17, 15) is 22.8 Å². The zero-order valence-electron chi connectivity index (χ0n) is 16.3. The predicted octanol–water partition coefficient (Wildman–Crippen LogP) is 4.43. The maximum Gasteiger partial charge on any atom is 0.416 e. The van der Waals surface area contributed by atoms with Crippen molar-refractivity contribution in [1.82, 2.24) is 14.8 Å². The first-order valence-electron chi connectivity index (χ1n) is 9.60. The molecule has 0 radical (unpaired) electrons. The Kier molecular flexibility index (Phi) is 5.77. The van der Waals surface area contributed by atoms with E-state index in [1.165, 1.54) is 23.5 Å². The summed E-state index contributed by atoms with van der Waals surface area (Å²) in [7, 11) is 0. The van der Waals surface area contributed by atoms with E-state index in [0.29, 0.717) is 31.9 Å². The Morgan fingerprint density at radius 1 is 0.839 bits per heavy atom. The third-order valence-corrected chi connectivity index (χ3v) is 5.95. The van der Waals surface area contributed by atoms with E-state index < -0.39 is 11.7 Å². The molecular formula is C22H18F3N3O2S. The van der Waals surface area contributed by atoms with Gasteiger partial charge in [-0.1, -0.05) is 30.3 Å². The molecule has 1 saturated heterocycles. The van der Waals surface area contributed by atoms with Crippen LogP contribution < -0.4 is 0 Å². The van der Waals surface area contributed by atoms with Crippen LogP contribution >= 0.6 is 11.3 Å². The lowest BCUT2D eigenvalue weighted by Crippen LogP contribution is -2.50. The molecule has 0 atom stereocenters. The Balaban J connectivity index is 1.37. The minimum atomic E-state index is -4.44. The van der Waals surface area contributed by atoms with Gasteiger partial charge in [0.25, 0.3) is 11.8 Å². The van der Waals surface area contributed by atoms with Gasteiger partial charge < -0.3 is 9.80 Å². The molecule has 4 rings (SSSR count). The van der Waals surface area contributed by atoms with Crippen LogP contribution in [-0.4, -0.2) is 52.8 Å². The normalized spacial score (nSPS) is 14.5. The van der Waals surface area contributed by atoms with Gasteiger partial charge >= 0.3 is 6.18 Å². The molecule has 5 nitrogen and oxygen atoms in total. The number of hydrogen-bond donors (Lipinski definition) is 0. The van der Waals surface area contributed by atoms with Crippen LogP contribution in [0.4, 0.5) is 13.2 Å². The summed E-state index contributed by atoms with van der Waals surface area (Å²) in [6.07, 6.45) is -4.44. The lowest BCUT2D eigenvalue weighted by atomic mass is 10.1. The third-order valence-electron chi connectivity index (χ3n) is 5.06. The van der Waals surface area contributed by atoms with Crippen LogP contribution in [0.15, 0.2) is 60.0 Å². The monoisotopic (exact) mass is 445 g/mol. The van der Waals surface area contributed by atoms with Gasteiger partial charge in [-0.25, -0.2) is 4.98 Å². The van der Waals surface area contributed by atoms with Gasteiger partial charge in [-0.3, -0.25) is 9.59 Å². The lowest BCUT2D eigenvalue weighted by molar-refractivity contribution is -0.137. The maximum absolute atomic E-state index is 12.8. The highest BCUT2D eigenvalue weighted by Crippen LogP contribution is 2.29. The molecule has 0 unspecified atom stereocenters. The van der Waals surface area contributed by atoms with Crippen molar-refractivity contribution >= 4 is 23.2 Å². The number of halogens is 3. The second kappa shape index (κ2) is 8.50. The zero-order valence-corrected chi connectivity index (χ0v) is 17.1. The van der Waals surface area contributed by atoms with Crippen LogP contribution in [-0.2, 0) is 6.18 Å². The molecule has 1 fully saturated rings. The Bertz CT molecular complexity index is 1070. The number of thiazole rings is 1. The first-order chi connectivity index (χ1) is 14.8. The Morgan fingerprint density at radius 3 is 2.00 bits per heavy atom. The van der Waals surface area contributed by atoms with Crippen LogP contribution in [0.5, 0.6) is 0 Å². The van der Waals surface area contributed by atoms with E-state index in [-0.39, 0.29) is 17.4 Å². The number of benzene rings is 2. The maximum atomic E-state index is 12.8. The van der Waals surface area contributed by atoms with Gasteiger partial charge in [-0.2, -0.15) is 13.2 Å². The fourth-order valence-corrected chi connectivity index (χ4v) is 4.14. The topological polar surface area (TPSA) is 53.5 Å². The Morgan fingerprint density at radius 2 is 1.42 bits per heavy atom. The molecular weight excluding hydrogens is 427 g/mol. The number of carbonyl (C=O) groups excluding carboxylic acids is 2. The molecule has 3 aromatic rings. The number of alkyl halides is 3. The molecule has 0 aliphatic carbocycles. The molecule has 0 bridgehead atoms. The number of rotatable bonds is 3. The van der Waals surface area contributed by atoms with Crippen molar-refractivity contribution in [3.05, 3.63) is 76.8 Å². The second-order valence-electron chi connectivity index (χ2n) is 7.06. The van der Waals surface area contributed by atoms with Crippen molar-refractivity contribution in [2.75, 3.05) is 26.2 Å². The average Bonchev–Trinajstić information content (AvgIpc) is 3.29. The highest BCUT2D eigenvalue weighted by atomic mass is 32.1. The first kappa shape index (κ1) is 21.0. The van der Waals surface area contributed by atoms with Crippen LogP contribution in [0.2, 0.25) is 0 Å². The summed E-state index contributed by atoms with van der Waals surface area (Å²) < 4.78 is 38.1. The molecule has 2 heterocycles. The van der Waals surface area contributed by atoms with Gasteiger partial charge in [0.05, 0.1) is 5.56 Å². The van der Waals surface area contributed by atoms with Gasteiger partial charge in [0, 0.05) is 42.7 Å². The van der Waals surface area contributed by atoms with E-state index >= 15 is 0 Å². The number of hydrogen-bond acceptors (Lipinski definition) is 4. The van der Waals surface area contributed by atoms with Gasteiger partial charge in [0.1, 0.15) is 10.7 Å². The number of piperazine rings is 1. The van der Waals surface area contributed by atoms with Crippen molar-refractivity contribution in [2.45, 2.75) is 6.18 Å². The molecule has 1 aliphatic heterocycles. The van der Waals surface area contributed by atoms with E-state index in [1.54, 1.807) is 15.2 Å². The molecule has 0 saturated carbocycles. The van der Waals surface area contributed by atoms with Gasteiger partial charge in [-0.15, -0.1) is 11.3 Å². The smallest absolute Gasteiger partial charge is 0.335 e. The van der Waals surface area contributed by atoms with Crippen molar-refractivity contribution < 1.29 is 22.8 Å². The number of carbonyl (C=O) groups is 2. The number of aromatic nitrogens is 1. The predicted molar refractivity (Wildman–Crippen MR) is 111 cm³/mol. The molecule has 9 heteroatoms. The SMILES string of the molecule is O=C(c1ccc(C(F)(F)F)cc1)N1CCN(C(=O)c2csc(-c3ccccc3)n2)CC1. The quantitative estimate of drug-likeness (QED) is 0.600. The van der Waals surface area contributed by atoms with Gasteiger partial charge in [0.15, 0.2) is 0 Å². The third kappa shape index (κ3) is 4.61. The van der Waals surface area contributed by atoms with Crippen molar-refractivity contribution in [2.24, 2.45) is 0 Å². The molecule has 0 spiro atoms. The van der Waals surface area contributed by atoms with E-state index in [0.717, 1.165) is 22.7 Å². The molecule has 1 aromatic heterocycles. The van der Waals surface area contributed by atoms with E-state index in [2.05, 4.69) is 4.98 Å². The molecule has 160 valence electrons. The zero-order chi connectivity index (χ0) is 22.0. The summed E-state index contributed by atoms with van der Waals surface area (Å²) in [6.45, 7) is 1.29. The van der Waals surface area contributed by atoms with Crippen molar-refractivity contribution in [3.63, 3.8) is 0 Å². The summed E-state index contributed by atoms with van der Waals surface area (Å²) >= 11 is 1.40. The van der Waals surface area contributed by atoms with E-state index in [4.69, 9.17) is 0 Å². The summed E-state index contributed by atoms with van der Waals surface area (Å²) in [6, 6.07) is 13.8.